The molecule has 0 saturated carbocycles. The Balaban J connectivity index is 1.55. The minimum absolute atomic E-state index is 0.488. The Labute approximate surface area is 141 Å². The lowest BCUT2D eigenvalue weighted by molar-refractivity contribution is 0.122. The summed E-state index contributed by atoms with van der Waals surface area (Å²) < 4.78 is 11.1. The first-order valence-electron chi connectivity index (χ1n) is 8.01. The second-order valence-corrected chi connectivity index (χ2v) is 6.55. The van der Waals surface area contributed by atoms with E-state index < -0.39 is 0 Å². The summed E-state index contributed by atoms with van der Waals surface area (Å²) in [5.41, 5.74) is 2.19. The quantitative estimate of drug-likeness (QED) is 0.835. The van der Waals surface area contributed by atoms with Crippen LogP contribution in [0, 0.1) is 19.8 Å². The van der Waals surface area contributed by atoms with Crippen LogP contribution in [0.5, 0.6) is 5.88 Å². The summed E-state index contributed by atoms with van der Waals surface area (Å²) in [5.74, 6) is 1.93. The van der Waals surface area contributed by atoms with E-state index in [2.05, 4.69) is 15.0 Å². The average Bonchev–Trinajstić information content (AvgIpc) is 2.86. The van der Waals surface area contributed by atoms with Gasteiger partial charge in [0.2, 0.25) is 5.88 Å². The van der Waals surface area contributed by atoms with Crippen molar-refractivity contribution >= 4 is 11.6 Å². The Morgan fingerprint density at radius 3 is 3.04 bits per heavy atom. The van der Waals surface area contributed by atoms with Crippen LogP contribution in [-0.4, -0.2) is 34.7 Å². The van der Waals surface area contributed by atoms with Crippen molar-refractivity contribution in [3.05, 3.63) is 40.4 Å². The smallest absolute Gasteiger partial charge is 0.232 e. The van der Waals surface area contributed by atoms with Crippen LogP contribution in [0.2, 0.25) is 5.02 Å². The number of rotatable bonds is 5. The van der Waals surface area contributed by atoms with Crippen molar-refractivity contribution < 1.29 is 9.26 Å². The van der Waals surface area contributed by atoms with Crippen LogP contribution in [0.25, 0.3) is 0 Å². The number of hydrogen-bond acceptors (Lipinski definition) is 5. The summed E-state index contributed by atoms with van der Waals surface area (Å²) >= 11 is 6.08. The fraction of sp³-hybridized carbons (Fsp3) is 0.529. The molecule has 2 aromatic rings. The fourth-order valence-electron chi connectivity index (χ4n) is 3.06. The van der Waals surface area contributed by atoms with Gasteiger partial charge in [-0.1, -0.05) is 16.8 Å². The molecule has 2 aromatic heterocycles. The zero-order valence-electron chi connectivity index (χ0n) is 13.6. The average molecular weight is 336 g/mol. The summed E-state index contributed by atoms with van der Waals surface area (Å²) in [4.78, 5) is 6.63. The van der Waals surface area contributed by atoms with Crippen LogP contribution < -0.4 is 4.74 Å². The summed E-state index contributed by atoms with van der Waals surface area (Å²) in [7, 11) is 0. The number of ether oxygens (including phenoxy) is 1. The van der Waals surface area contributed by atoms with E-state index in [1.807, 2.05) is 13.8 Å². The van der Waals surface area contributed by atoms with E-state index in [1.54, 1.807) is 18.3 Å². The number of nitrogens with zero attached hydrogens (tertiary/aromatic N) is 3. The largest absolute Gasteiger partial charge is 0.476 e. The van der Waals surface area contributed by atoms with Gasteiger partial charge in [0.25, 0.3) is 0 Å². The molecule has 0 amide bonds. The molecule has 5 nitrogen and oxygen atoms in total. The molecule has 124 valence electrons. The molecule has 1 fully saturated rings. The minimum atomic E-state index is 0.488. The van der Waals surface area contributed by atoms with Crippen LogP contribution in [0.4, 0.5) is 0 Å². The lowest BCUT2D eigenvalue weighted by Gasteiger charge is -2.32. The lowest BCUT2D eigenvalue weighted by atomic mass is 9.98. The molecule has 0 N–H and O–H groups in total. The third-order valence-electron chi connectivity index (χ3n) is 4.35. The predicted octanol–water partition coefficient (Wildman–Crippen LogP) is 3.63. The van der Waals surface area contributed by atoms with E-state index in [9.17, 15) is 0 Å². The van der Waals surface area contributed by atoms with Crippen molar-refractivity contribution in [2.24, 2.45) is 5.92 Å². The molecular formula is C17H22ClN3O2. The van der Waals surface area contributed by atoms with Gasteiger partial charge >= 0.3 is 0 Å². The number of aryl methyl sites for hydroxylation is 2. The van der Waals surface area contributed by atoms with Gasteiger partial charge in [-0.3, -0.25) is 4.90 Å². The molecule has 23 heavy (non-hydrogen) atoms. The van der Waals surface area contributed by atoms with Crippen LogP contribution in [0.3, 0.4) is 0 Å². The van der Waals surface area contributed by atoms with Crippen LogP contribution in [0.1, 0.15) is 29.9 Å². The van der Waals surface area contributed by atoms with Crippen molar-refractivity contribution in [1.29, 1.82) is 0 Å². The molecule has 0 spiro atoms. The molecule has 1 atom stereocenters. The first kappa shape index (κ1) is 16.3. The fourth-order valence-corrected chi connectivity index (χ4v) is 3.23. The van der Waals surface area contributed by atoms with Gasteiger partial charge in [-0.25, -0.2) is 4.98 Å². The maximum Gasteiger partial charge on any atom is 0.232 e. The highest BCUT2D eigenvalue weighted by Crippen LogP contribution is 2.24. The lowest BCUT2D eigenvalue weighted by Crippen LogP contribution is -2.37. The van der Waals surface area contributed by atoms with Crippen LogP contribution >= 0.6 is 11.6 Å². The Morgan fingerprint density at radius 1 is 1.43 bits per heavy atom. The normalized spacial score (nSPS) is 19.0. The second-order valence-electron chi connectivity index (χ2n) is 6.15. The maximum atomic E-state index is 6.08. The van der Waals surface area contributed by atoms with Gasteiger partial charge in [-0.15, -0.1) is 0 Å². The van der Waals surface area contributed by atoms with Crippen molar-refractivity contribution in [2.75, 3.05) is 19.7 Å². The van der Waals surface area contributed by atoms with Crippen molar-refractivity contribution in [1.82, 2.24) is 15.0 Å². The molecule has 1 aliphatic heterocycles. The predicted molar refractivity (Wildman–Crippen MR) is 88.7 cm³/mol. The number of piperidine rings is 1. The number of hydrogen-bond donors (Lipinski definition) is 0. The van der Waals surface area contributed by atoms with Crippen LogP contribution in [0.15, 0.2) is 22.9 Å². The molecule has 0 radical (unpaired) electrons. The molecule has 0 aromatic carbocycles. The zero-order chi connectivity index (χ0) is 16.2. The molecule has 1 saturated heterocycles. The Kier molecular flexibility index (Phi) is 5.18. The standard InChI is InChI=1S/C17H22ClN3O2/c1-12-15(13(2)23-20-12)10-21-8-4-5-14(9-21)11-22-17-16(18)6-3-7-19-17/h3,6-7,14H,4-5,8-11H2,1-2H3. The monoisotopic (exact) mass is 335 g/mol. The highest BCUT2D eigenvalue weighted by Gasteiger charge is 2.23. The summed E-state index contributed by atoms with van der Waals surface area (Å²) in [6.45, 7) is 7.62. The molecule has 6 heteroatoms. The topological polar surface area (TPSA) is 51.4 Å². The molecular weight excluding hydrogens is 314 g/mol. The third-order valence-corrected chi connectivity index (χ3v) is 4.63. The number of likely N-dealkylation sites (tertiary alicyclic amines) is 1. The van der Waals surface area contributed by atoms with E-state index in [0.717, 1.165) is 31.1 Å². The molecule has 3 rings (SSSR count). The summed E-state index contributed by atoms with van der Waals surface area (Å²) in [6.07, 6.45) is 4.04. The minimum Gasteiger partial charge on any atom is -0.476 e. The number of aromatic nitrogens is 2. The summed E-state index contributed by atoms with van der Waals surface area (Å²) in [6, 6.07) is 3.61. The first-order chi connectivity index (χ1) is 11.1. The molecule has 1 unspecified atom stereocenters. The van der Waals surface area contributed by atoms with Crippen molar-refractivity contribution in [3.63, 3.8) is 0 Å². The number of pyridine rings is 1. The Morgan fingerprint density at radius 2 is 2.30 bits per heavy atom. The Bertz CT molecular complexity index is 640. The molecule has 0 aliphatic carbocycles. The maximum absolute atomic E-state index is 6.08. The van der Waals surface area contributed by atoms with E-state index in [-0.39, 0.29) is 0 Å². The van der Waals surface area contributed by atoms with E-state index >= 15 is 0 Å². The van der Waals surface area contributed by atoms with Crippen molar-refractivity contribution in [3.8, 4) is 5.88 Å². The highest BCUT2D eigenvalue weighted by molar-refractivity contribution is 6.31. The van der Waals surface area contributed by atoms with Gasteiger partial charge in [0, 0.05) is 30.8 Å². The van der Waals surface area contributed by atoms with Gasteiger partial charge in [-0.2, -0.15) is 0 Å². The molecule has 1 aliphatic rings. The third kappa shape index (κ3) is 4.03. The van der Waals surface area contributed by atoms with E-state index in [1.165, 1.54) is 18.4 Å². The van der Waals surface area contributed by atoms with Gasteiger partial charge in [0.1, 0.15) is 10.8 Å². The molecule has 3 heterocycles. The van der Waals surface area contributed by atoms with Crippen LogP contribution in [-0.2, 0) is 6.54 Å². The second kappa shape index (κ2) is 7.32. The highest BCUT2D eigenvalue weighted by atomic mass is 35.5. The molecule has 0 bridgehead atoms. The SMILES string of the molecule is Cc1noc(C)c1CN1CCCC(COc2ncccc2Cl)C1. The van der Waals surface area contributed by atoms with Crippen molar-refractivity contribution in [2.45, 2.75) is 33.2 Å². The van der Waals surface area contributed by atoms with Gasteiger partial charge in [0.05, 0.1) is 12.3 Å². The van der Waals surface area contributed by atoms with E-state index in [4.69, 9.17) is 20.9 Å². The first-order valence-corrected chi connectivity index (χ1v) is 8.38. The van der Waals surface area contributed by atoms with Gasteiger partial charge in [-0.05, 0) is 45.4 Å². The Hall–Kier alpha value is -1.59. The van der Waals surface area contributed by atoms with E-state index in [0.29, 0.717) is 23.4 Å². The zero-order valence-corrected chi connectivity index (χ0v) is 14.3. The number of halogens is 1. The van der Waals surface area contributed by atoms with Gasteiger partial charge < -0.3 is 9.26 Å². The van der Waals surface area contributed by atoms with Gasteiger partial charge in [0.15, 0.2) is 0 Å². The summed E-state index contributed by atoms with van der Waals surface area (Å²) in [5, 5.41) is 4.60.